The van der Waals surface area contributed by atoms with E-state index < -0.39 is 0 Å². The number of fused-ring (bicyclic) bond motifs is 1. The van der Waals surface area contributed by atoms with Crippen molar-refractivity contribution in [3.8, 4) is 5.75 Å². The average Bonchev–Trinajstić information content (AvgIpc) is 2.88. The molecule has 1 heterocycles. The van der Waals surface area contributed by atoms with Gasteiger partial charge < -0.3 is 19.8 Å². The maximum atomic E-state index is 10.9. The largest absolute Gasteiger partial charge is 0.497 e. The van der Waals surface area contributed by atoms with E-state index in [1.807, 2.05) is 24.4 Å². The summed E-state index contributed by atoms with van der Waals surface area (Å²) in [6.07, 6.45) is 5.80. The summed E-state index contributed by atoms with van der Waals surface area (Å²) in [5.74, 6) is 0.478. The van der Waals surface area contributed by atoms with Gasteiger partial charge in [0.1, 0.15) is 5.75 Å². The van der Waals surface area contributed by atoms with Crippen LogP contribution in [0.5, 0.6) is 5.75 Å². The van der Waals surface area contributed by atoms with Crippen LogP contribution in [0.2, 0.25) is 0 Å². The third kappa shape index (κ3) is 3.32. The Kier molecular flexibility index (Phi) is 4.65. The quantitative estimate of drug-likeness (QED) is 0.480. The zero-order valence-corrected chi connectivity index (χ0v) is 11.6. The minimum Gasteiger partial charge on any atom is -0.497 e. The number of esters is 1. The van der Waals surface area contributed by atoms with E-state index in [0.29, 0.717) is 0 Å². The highest BCUT2D eigenvalue weighted by Crippen LogP contribution is 2.23. The second-order valence-electron chi connectivity index (χ2n) is 4.29. The molecule has 0 saturated heterocycles. The van der Waals surface area contributed by atoms with Gasteiger partial charge in [-0.15, -0.1) is 0 Å². The molecule has 0 saturated carbocycles. The molecule has 0 aliphatic rings. The summed E-state index contributed by atoms with van der Waals surface area (Å²) in [4.78, 5) is 14.1. The standard InChI is InChI=1S/C15H18N2O3/c1-19-12-3-4-14-13(9-12)11(10-17-14)5-7-16-8-6-15(18)20-2/h3-4,6,8-10,16-17H,5,7H2,1-2H3/b8-6+. The molecular formula is C15H18N2O3. The van der Waals surface area contributed by atoms with Crippen LogP contribution in [0.25, 0.3) is 10.9 Å². The van der Waals surface area contributed by atoms with Gasteiger partial charge in [-0.25, -0.2) is 4.79 Å². The molecule has 0 fully saturated rings. The fourth-order valence-electron chi connectivity index (χ4n) is 1.98. The Balaban J connectivity index is 1.96. The minimum absolute atomic E-state index is 0.366. The fraction of sp³-hybridized carbons (Fsp3) is 0.267. The van der Waals surface area contributed by atoms with Crippen molar-refractivity contribution in [1.82, 2.24) is 10.3 Å². The number of H-pyrrole nitrogens is 1. The highest BCUT2D eigenvalue weighted by molar-refractivity contribution is 5.84. The molecule has 5 heteroatoms. The molecule has 1 aromatic heterocycles. The molecule has 0 atom stereocenters. The van der Waals surface area contributed by atoms with Gasteiger partial charge in [-0.2, -0.15) is 0 Å². The third-order valence-electron chi connectivity index (χ3n) is 3.05. The van der Waals surface area contributed by atoms with E-state index in [-0.39, 0.29) is 5.97 Å². The zero-order chi connectivity index (χ0) is 14.4. The van der Waals surface area contributed by atoms with Crippen molar-refractivity contribution in [3.05, 3.63) is 42.2 Å². The predicted octanol–water partition coefficient (Wildman–Crippen LogP) is 2.00. The Morgan fingerprint density at radius 1 is 1.40 bits per heavy atom. The Bertz CT molecular complexity index is 617. The summed E-state index contributed by atoms with van der Waals surface area (Å²) < 4.78 is 9.74. The summed E-state index contributed by atoms with van der Waals surface area (Å²) in [6.45, 7) is 0.734. The molecule has 0 bridgehead atoms. The molecule has 106 valence electrons. The summed E-state index contributed by atoms with van der Waals surface area (Å²) in [7, 11) is 3.01. The van der Waals surface area contributed by atoms with Crippen molar-refractivity contribution in [1.29, 1.82) is 0 Å². The highest BCUT2D eigenvalue weighted by Gasteiger charge is 2.04. The summed E-state index contributed by atoms with van der Waals surface area (Å²) in [6, 6.07) is 5.95. The molecule has 0 aliphatic heterocycles. The van der Waals surface area contributed by atoms with Gasteiger partial charge in [0.25, 0.3) is 0 Å². The van der Waals surface area contributed by atoms with Gasteiger partial charge in [0.15, 0.2) is 0 Å². The molecule has 0 aliphatic carbocycles. The topological polar surface area (TPSA) is 63.3 Å². The summed E-state index contributed by atoms with van der Waals surface area (Å²) in [5, 5.41) is 4.21. The van der Waals surface area contributed by atoms with E-state index in [4.69, 9.17) is 4.74 Å². The maximum Gasteiger partial charge on any atom is 0.331 e. The van der Waals surface area contributed by atoms with Crippen molar-refractivity contribution in [3.63, 3.8) is 0 Å². The first-order chi connectivity index (χ1) is 9.74. The Morgan fingerprint density at radius 2 is 2.25 bits per heavy atom. The van der Waals surface area contributed by atoms with Gasteiger partial charge in [0, 0.05) is 35.9 Å². The van der Waals surface area contributed by atoms with Crippen LogP contribution in [-0.2, 0) is 16.0 Å². The molecular weight excluding hydrogens is 256 g/mol. The lowest BCUT2D eigenvalue weighted by Gasteiger charge is -2.02. The van der Waals surface area contributed by atoms with E-state index in [9.17, 15) is 4.79 Å². The van der Waals surface area contributed by atoms with Crippen molar-refractivity contribution in [2.24, 2.45) is 0 Å². The van der Waals surface area contributed by atoms with E-state index in [0.717, 1.165) is 29.6 Å². The Labute approximate surface area is 117 Å². The van der Waals surface area contributed by atoms with E-state index in [2.05, 4.69) is 15.0 Å². The lowest BCUT2D eigenvalue weighted by atomic mass is 10.1. The lowest BCUT2D eigenvalue weighted by Crippen LogP contribution is -2.10. The third-order valence-corrected chi connectivity index (χ3v) is 3.05. The molecule has 0 amide bonds. The first-order valence-corrected chi connectivity index (χ1v) is 6.36. The molecule has 1 aromatic carbocycles. The zero-order valence-electron chi connectivity index (χ0n) is 11.6. The molecule has 5 nitrogen and oxygen atoms in total. The van der Waals surface area contributed by atoms with Gasteiger partial charge in [0.05, 0.1) is 14.2 Å². The van der Waals surface area contributed by atoms with Crippen LogP contribution < -0.4 is 10.1 Å². The first-order valence-electron chi connectivity index (χ1n) is 6.36. The van der Waals surface area contributed by atoms with Gasteiger partial charge >= 0.3 is 5.97 Å². The number of ether oxygens (including phenoxy) is 2. The number of aromatic amines is 1. The van der Waals surface area contributed by atoms with Gasteiger partial charge in [-0.05, 0) is 30.2 Å². The van der Waals surface area contributed by atoms with Crippen LogP contribution in [0.3, 0.4) is 0 Å². The van der Waals surface area contributed by atoms with Gasteiger partial charge in [-0.1, -0.05) is 0 Å². The number of methoxy groups -OCH3 is 2. The molecule has 0 unspecified atom stereocenters. The highest BCUT2D eigenvalue weighted by atomic mass is 16.5. The SMILES string of the molecule is COC(=O)/C=C/NCCc1c[nH]c2ccc(OC)cc12. The fourth-order valence-corrected chi connectivity index (χ4v) is 1.98. The van der Waals surface area contributed by atoms with Crippen molar-refractivity contribution >= 4 is 16.9 Å². The molecule has 0 spiro atoms. The number of rotatable bonds is 6. The minimum atomic E-state index is -0.366. The van der Waals surface area contributed by atoms with Gasteiger partial charge in [0.2, 0.25) is 0 Å². The van der Waals surface area contributed by atoms with Crippen LogP contribution in [-0.4, -0.2) is 31.7 Å². The van der Waals surface area contributed by atoms with Gasteiger partial charge in [-0.3, -0.25) is 0 Å². The lowest BCUT2D eigenvalue weighted by molar-refractivity contribution is -0.134. The van der Waals surface area contributed by atoms with Crippen LogP contribution in [0.4, 0.5) is 0 Å². The molecule has 2 aromatic rings. The van der Waals surface area contributed by atoms with Crippen LogP contribution >= 0.6 is 0 Å². The Morgan fingerprint density at radius 3 is 3.00 bits per heavy atom. The van der Waals surface area contributed by atoms with E-state index >= 15 is 0 Å². The van der Waals surface area contributed by atoms with Crippen LogP contribution in [0.1, 0.15) is 5.56 Å². The Hall–Kier alpha value is -2.43. The van der Waals surface area contributed by atoms with Crippen molar-refractivity contribution in [2.45, 2.75) is 6.42 Å². The first kappa shape index (κ1) is 14.0. The number of aromatic nitrogens is 1. The summed E-state index contributed by atoms with van der Waals surface area (Å²) in [5.41, 5.74) is 2.30. The van der Waals surface area contributed by atoms with Crippen molar-refractivity contribution in [2.75, 3.05) is 20.8 Å². The molecule has 0 radical (unpaired) electrons. The molecule has 2 rings (SSSR count). The van der Waals surface area contributed by atoms with E-state index in [1.165, 1.54) is 18.7 Å². The van der Waals surface area contributed by atoms with Crippen LogP contribution in [0, 0.1) is 0 Å². The molecule has 20 heavy (non-hydrogen) atoms. The second-order valence-corrected chi connectivity index (χ2v) is 4.29. The average molecular weight is 274 g/mol. The summed E-state index contributed by atoms with van der Waals surface area (Å²) >= 11 is 0. The monoisotopic (exact) mass is 274 g/mol. The number of carbonyl (C=O) groups is 1. The van der Waals surface area contributed by atoms with Crippen molar-refractivity contribution < 1.29 is 14.3 Å². The number of carbonyl (C=O) groups excluding carboxylic acids is 1. The number of benzene rings is 1. The number of nitrogens with one attached hydrogen (secondary N) is 2. The number of hydrogen-bond donors (Lipinski definition) is 2. The maximum absolute atomic E-state index is 10.9. The smallest absolute Gasteiger partial charge is 0.331 e. The normalized spacial score (nSPS) is 10.9. The van der Waals surface area contributed by atoms with E-state index in [1.54, 1.807) is 13.3 Å². The molecule has 2 N–H and O–H groups in total. The second kappa shape index (κ2) is 6.65. The van der Waals surface area contributed by atoms with Crippen LogP contribution in [0.15, 0.2) is 36.7 Å². The predicted molar refractivity (Wildman–Crippen MR) is 77.7 cm³/mol. The number of hydrogen-bond acceptors (Lipinski definition) is 4.